The Balaban J connectivity index is 1.30. The quantitative estimate of drug-likeness (QED) is 0.0697. The summed E-state index contributed by atoms with van der Waals surface area (Å²) in [5.41, 5.74) is 14.3. The molecule has 290 valence electrons. The lowest BCUT2D eigenvalue weighted by atomic mass is 9.81. The molecular weight excluding hydrogens is 723 g/mol. The van der Waals surface area contributed by atoms with E-state index in [9.17, 15) is 17.9 Å². The molecule has 0 saturated heterocycles. The monoisotopic (exact) mass is 776 g/mol. The minimum absolute atomic E-state index is 0.0176. The fourth-order valence-electron chi connectivity index (χ4n) is 7.10. The first-order valence-electron chi connectivity index (χ1n) is 18.8. The van der Waals surface area contributed by atoms with Crippen LogP contribution in [0.5, 0.6) is 0 Å². The van der Waals surface area contributed by atoms with Crippen molar-refractivity contribution in [3.63, 3.8) is 0 Å². The van der Waals surface area contributed by atoms with Gasteiger partial charge in [-0.1, -0.05) is 37.1 Å². The minimum Gasteiger partial charge on any atom is -0.598 e. The highest BCUT2D eigenvalue weighted by molar-refractivity contribution is 7.91. The van der Waals surface area contributed by atoms with Gasteiger partial charge in [0.05, 0.1) is 22.8 Å². The van der Waals surface area contributed by atoms with E-state index in [1.54, 1.807) is 30.5 Å². The lowest BCUT2D eigenvalue weighted by molar-refractivity contribution is 0.390. The maximum absolute atomic E-state index is 14.5. The van der Waals surface area contributed by atoms with Crippen molar-refractivity contribution in [2.24, 2.45) is 11.8 Å². The first kappa shape index (κ1) is 40.4. The van der Waals surface area contributed by atoms with Crippen molar-refractivity contribution in [3.8, 4) is 0 Å². The summed E-state index contributed by atoms with van der Waals surface area (Å²) in [6.45, 7) is 11.5. The van der Waals surface area contributed by atoms with E-state index in [4.69, 9.17) is 21.4 Å². The summed E-state index contributed by atoms with van der Waals surface area (Å²) in [7, 11) is 0. The fourth-order valence-corrected chi connectivity index (χ4v) is 9.00. The number of aromatic nitrogens is 2. The predicted molar refractivity (Wildman–Crippen MR) is 216 cm³/mol. The molecule has 4 aromatic rings. The molecule has 6 unspecified atom stereocenters. The summed E-state index contributed by atoms with van der Waals surface area (Å²) in [5, 5.41) is 0. The molecule has 0 amide bonds. The number of anilines is 2. The van der Waals surface area contributed by atoms with Gasteiger partial charge in [-0.15, -0.1) is 9.44 Å². The van der Waals surface area contributed by atoms with Crippen molar-refractivity contribution in [1.29, 1.82) is 0 Å². The smallest absolute Gasteiger partial charge is 0.146 e. The van der Waals surface area contributed by atoms with E-state index in [0.29, 0.717) is 41.6 Å². The summed E-state index contributed by atoms with van der Waals surface area (Å²) in [6, 6.07) is 19.2. The second-order valence-corrected chi connectivity index (χ2v) is 21.0. The molecule has 54 heavy (non-hydrogen) atoms. The van der Waals surface area contributed by atoms with E-state index in [1.165, 1.54) is 12.1 Å². The number of pyridine rings is 2. The molecule has 2 aliphatic carbocycles. The van der Waals surface area contributed by atoms with Crippen molar-refractivity contribution in [2.45, 2.75) is 113 Å². The van der Waals surface area contributed by atoms with E-state index in [2.05, 4.69) is 15.5 Å². The predicted octanol–water partition coefficient (Wildman–Crippen LogP) is 8.28. The van der Waals surface area contributed by atoms with E-state index in [0.717, 1.165) is 43.2 Å². The fraction of sp³-hybridized carbons (Fsp3) is 0.476. The maximum atomic E-state index is 14.5. The maximum Gasteiger partial charge on any atom is 0.146 e. The molecule has 6 rings (SSSR count). The van der Waals surface area contributed by atoms with Crippen molar-refractivity contribution >= 4 is 34.1 Å². The zero-order valence-electron chi connectivity index (χ0n) is 32.1. The average Bonchev–Trinajstić information content (AvgIpc) is 4.07. The highest BCUT2D eigenvalue weighted by Gasteiger charge is 2.48. The van der Waals surface area contributed by atoms with Crippen LogP contribution in [-0.2, 0) is 33.8 Å². The first-order chi connectivity index (χ1) is 25.4. The van der Waals surface area contributed by atoms with Crippen molar-refractivity contribution < 1.29 is 17.9 Å². The Morgan fingerprint density at radius 1 is 0.722 bits per heavy atom. The van der Waals surface area contributed by atoms with E-state index >= 15 is 0 Å². The lowest BCUT2D eigenvalue weighted by Gasteiger charge is -2.38. The third kappa shape index (κ3) is 8.90. The van der Waals surface area contributed by atoms with Gasteiger partial charge in [-0.3, -0.25) is 9.97 Å². The normalized spacial score (nSPS) is 20.9. The third-order valence-electron chi connectivity index (χ3n) is 10.8. The lowest BCUT2D eigenvalue weighted by Crippen LogP contribution is -2.52. The Hall–Kier alpha value is -3.26. The number of benzene rings is 2. The van der Waals surface area contributed by atoms with Gasteiger partial charge in [-0.05, 0) is 151 Å². The van der Waals surface area contributed by atoms with Gasteiger partial charge in [0.2, 0.25) is 0 Å². The van der Waals surface area contributed by atoms with Gasteiger partial charge in [0.15, 0.2) is 0 Å². The number of nitrogens with two attached hydrogens (primary N) is 2. The van der Waals surface area contributed by atoms with Crippen LogP contribution in [0.2, 0.25) is 0 Å². The Morgan fingerprint density at radius 2 is 1.26 bits per heavy atom. The topological polar surface area (TPSA) is 148 Å². The molecule has 8 nitrogen and oxygen atoms in total. The van der Waals surface area contributed by atoms with Crippen LogP contribution in [0.1, 0.15) is 120 Å². The van der Waals surface area contributed by atoms with Crippen molar-refractivity contribution in [1.82, 2.24) is 19.4 Å². The van der Waals surface area contributed by atoms with Gasteiger partial charge >= 0.3 is 0 Å². The molecule has 12 heteroatoms. The summed E-state index contributed by atoms with van der Waals surface area (Å²) in [4.78, 5) is 9.78. The van der Waals surface area contributed by atoms with E-state index in [1.807, 2.05) is 72.0 Å². The van der Waals surface area contributed by atoms with Crippen LogP contribution in [-0.4, -0.2) is 28.6 Å². The molecular formula is C42H54F2N6O2S2. The number of nitrogens with one attached hydrogen (secondary N) is 2. The van der Waals surface area contributed by atoms with Crippen LogP contribution in [0, 0.1) is 23.5 Å². The number of nitrogens with zero attached hydrogens (tertiary/aromatic N) is 2. The number of rotatable bonds is 15. The van der Waals surface area contributed by atoms with Crippen LogP contribution in [0.4, 0.5) is 20.2 Å². The molecule has 0 radical (unpaired) electrons. The van der Waals surface area contributed by atoms with Gasteiger partial charge in [0.1, 0.15) is 32.2 Å². The Bertz CT molecular complexity index is 1900. The molecule has 2 aliphatic rings. The molecule has 2 aromatic carbocycles. The molecule has 6 atom stereocenters. The SMILES string of the molecule is CC(C)(C)[S+]([O-])NC(CCC1CC1)(c1ccc(F)c(N)c1)c1ccc(C2CC2CCC(N[S+]([O-])C(C)(C)C)(c2ccc(F)c(N)c2)c2ccccn2)cn1. The van der Waals surface area contributed by atoms with E-state index < -0.39 is 54.9 Å². The van der Waals surface area contributed by atoms with Crippen molar-refractivity contribution in [2.75, 3.05) is 11.5 Å². The van der Waals surface area contributed by atoms with Crippen LogP contribution < -0.4 is 20.9 Å². The third-order valence-corrected chi connectivity index (χ3v) is 14.1. The number of halogens is 2. The minimum atomic E-state index is -1.49. The number of nitrogen functional groups attached to an aromatic ring is 2. The first-order valence-corrected chi connectivity index (χ1v) is 21.1. The molecule has 6 N–H and O–H groups in total. The zero-order valence-corrected chi connectivity index (χ0v) is 33.8. The number of hydrogen-bond donors (Lipinski definition) is 4. The highest BCUT2D eigenvalue weighted by atomic mass is 32.2. The van der Waals surface area contributed by atoms with Crippen molar-refractivity contribution in [3.05, 3.63) is 119 Å². The summed E-state index contributed by atoms with van der Waals surface area (Å²) < 4.78 is 62.3. The molecule has 0 aliphatic heterocycles. The zero-order chi connectivity index (χ0) is 39.1. The summed E-state index contributed by atoms with van der Waals surface area (Å²) in [6.07, 6.45) is 9.75. The van der Waals surface area contributed by atoms with Gasteiger partial charge in [0, 0.05) is 35.1 Å². The molecule has 2 aromatic heterocycles. The molecule has 2 heterocycles. The second kappa shape index (κ2) is 15.7. The van der Waals surface area contributed by atoms with E-state index in [-0.39, 0.29) is 17.3 Å². The standard InChI is InChI=1S/C42H54F2N6O2S2/c1-39(2,3)53(51)49-41(20-18-27-10-11-27,30-13-15-33(43)35(45)24-30)38-17-12-29(26-48-38)32-23-28(32)19-21-42(37-9-7-8-22-47-37,50-54(52)40(4,5)6)31-14-16-34(44)36(46)25-31/h7-9,12-17,22,24-28,32,49-50H,10-11,18-21,23,45-46H2,1-6H3. The van der Waals surface area contributed by atoms with Gasteiger partial charge < -0.3 is 20.6 Å². The Kier molecular flexibility index (Phi) is 11.8. The summed E-state index contributed by atoms with van der Waals surface area (Å²) in [5.74, 6) is 0.149. The summed E-state index contributed by atoms with van der Waals surface area (Å²) >= 11 is -2.95. The van der Waals surface area contributed by atoms with Crippen LogP contribution in [0.25, 0.3) is 0 Å². The largest absolute Gasteiger partial charge is 0.598 e. The molecule has 0 spiro atoms. The van der Waals surface area contributed by atoms with Gasteiger partial charge in [0.25, 0.3) is 0 Å². The molecule has 2 saturated carbocycles. The Labute approximate surface area is 325 Å². The number of hydrogen-bond acceptors (Lipinski definition) is 8. The van der Waals surface area contributed by atoms with Crippen LogP contribution in [0.3, 0.4) is 0 Å². The Morgan fingerprint density at radius 3 is 1.70 bits per heavy atom. The highest BCUT2D eigenvalue weighted by Crippen LogP contribution is 2.52. The van der Waals surface area contributed by atoms with Crippen LogP contribution >= 0.6 is 0 Å². The second-order valence-electron chi connectivity index (χ2n) is 17.1. The van der Waals surface area contributed by atoms with Gasteiger partial charge in [-0.2, -0.15) is 0 Å². The van der Waals surface area contributed by atoms with Crippen LogP contribution in [0.15, 0.2) is 79.1 Å². The average molecular weight is 777 g/mol. The van der Waals surface area contributed by atoms with Gasteiger partial charge in [-0.25, -0.2) is 8.78 Å². The molecule has 0 bridgehead atoms. The molecule has 2 fully saturated rings.